The number of likely N-dealkylation sites (tertiary alicyclic amines) is 1. The van der Waals surface area contributed by atoms with E-state index in [2.05, 4.69) is 73.6 Å². The van der Waals surface area contributed by atoms with E-state index in [1.807, 2.05) is 6.07 Å². The van der Waals surface area contributed by atoms with Crippen LogP contribution in [0.15, 0.2) is 36.4 Å². The predicted molar refractivity (Wildman–Crippen MR) is 168 cm³/mol. The van der Waals surface area contributed by atoms with Gasteiger partial charge in [0, 0.05) is 11.4 Å². The number of anilines is 2. The summed E-state index contributed by atoms with van der Waals surface area (Å²) >= 11 is 0. The molecule has 0 radical (unpaired) electrons. The zero-order valence-corrected chi connectivity index (χ0v) is 25.9. The number of nitrogens with zero attached hydrogens (tertiary/aromatic N) is 2. The summed E-state index contributed by atoms with van der Waals surface area (Å²) < 4.78 is 6.50. The third-order valence-corrected chi connectivity index (χ3v) is 9.27. The molecule has 7 heteroatoms. The molecule has 2 unspecified atom stereocenters. The first kappa shape index (κ1) is 31.5. The maximum absolute atomic E-state index is 13.1. The molecule has 2 aromatic carbocycles. The molecule has 2 aliphatic heterocycles. The lowest BCUT2D eigenvalue weighted by Gasteiger charge is -2.41. The van der Waals surface area contributed by atoms with E-state index >= 15 is 0 Å². The lowest BCUT2D eigenvalue weighted by atomic mass is 9.99. The van der Waals surface area contributed by atoms with E-state index in [-0.39, 0.29) is 11.9 Å². The minimum Gasteiger partial charge on any atom is -0.372 e. The molecule has 2 aliphatic rings. The van der Waals surface area contributed by atoms with Crippen molar-refractivity contribution in [2.75, 3.05) is 63.1 Å². The molecule has 7 nitrogen and oxygen atoms in total. The molecule has 2 fully saturated rings. The fraction of sp³-hybridized carbons (Fsp3) is 0.618. The number of benzene rings is 2. The van der Waals surface area contributed by atoms with Crippen LogP contribution in [0, 0.1) is 27.7 Å². The van der Waals surface area contributed by atoms with Crippen LogP contribution in [0.5, 0.6) is 0 Å². The molecular formula is C34H53N4O3+. The number of nitrogens with one attached hydrogen (secondary N) is 2. The lowest BCUT2D eigenvalue weighted by molar-refractivity contribution is -0.928. The second-order valence-electron chi connectivity index (χ2n) is 12.5. The first-order valence-corrected chi connectivity index (χ1v) is 15.8. The van der Waals surface area contributed by atoms with Gasteiger partial charge in [0.25, 0.3) is 5.91 Å². The average molecular weight is 566 g/mol. The monoisotopic (exact) mass is 565 g/mol. The molecule has 0 bridgehead atoms. The number of amides is 1. The highest BCUT2D eigenvalue weighted by atomic mass is 16.5. The highest BCUT2D eigenvalue weighted by Gasteiger charge is 2.33. The molecule has 0 saturated carbocycles. The lowest BCUT2D eigenvalue weighted by Crippen LogP contribution is -2.58. The fourth-order valence-electron chi connectivity index (χ4n) is 6.74. The topological polar surface area (TPSA) is 73.8 Å². The zero-order valence-electron chi connectivity index (χ0n) is 25.9. The van der Waals surface area contributed by atoms with Gasteiger partial charge in [0.15, 0.2) is 6.54 Å². The Morgan fingerprint density at radius 1 is 0.927 bits per heavy atom. The van der Waals surface area contributed by atoms with Gasteiger partial charge in [-0.05, 0) is 95.1 Å². The molecule has 41 heavy (non-hydrogen) atoms. The molecule has 0 spiro atoms. The second-order valence-corrected chi connectivity index (χ2v) is 12.5. The van der Waals surface area contributed by atoms with E-state index in [0.29, 0.717) is 6.54 Å². The number of carbonyl (C=O) groups excluding carboxylic acids is 1. The van der Waals surface area contributed by atoms with Crippen molar-refractivity contribution >= 4 is 17.3 Å². The maximum atomic E-state index is 13.1. The van der Waals surface area contributed by atoms with Gasteiger partial charge in [0.05, 0.1) is 25.8 Å². The number of piperidine rings is 1. The van der Waals surface area contributed by atoms with Crippen LogP contribution in [-0.4, -0.2) is 85.1 Å². The largest absolute Gasteiger partial charge is 0.372 e. The molecule has 2 aromatic rings. The van der Waals surface area contributed by atoms with Crippen molar-refractivity contribution in [1.82, 2.24) is 4.90 Å². The Hall–Kier alpha value is -2.45. The van der Waals surface area contributed by atoms with Gasteiger partial charge in [-0.15, -0.1) is 0 Å². The van der Waals surface area contributed by atoms with E-state index in [1.54, 1.807) is 0 Å². The van der Waals surface area contributed by atoms with Crippen molar-refractivity contribution in [2.45, 2.75) is 84.9 Å². The Morgan fingerprint density at radius 3 is 2.20 bits per heavy atom. The molecule has 2 heterocycles. The van der Waals surface area contributed by atoms with Gasteiger partial charge in [0.2, 0.25) is 0 Å². The van der Waals surface area contributed by atoms with Gasteiger partial charge in [-0.25, -0.2) is 0 Å². The molecule has 3 N–H and O–H groups in total. The van der Waals surface area contributed by atoms with E-state index in [1.165, 1.54) is 36.8 Å². The van der Waals surface area contributed by atoms with Crippen LogP contribution in [0.4, 0.5) is 11.4 Å². The van der Waals surface area contributed by atoms with Gasteiger partial charge >= 0.3 is 0 Å². The Kier molecular flexibility index (Phi) is 11.6. The Morgan fingerprint density at radius 2 is 1.54 bits per heavy atom. The number of unbranched alkanes of at least 4 members (excludes halogenated alkanes) is 3. The number of hydrogen-bond donors (Lipinski definition) is 3. The summed E-state index contributed by atoms with van der Waals surface area (Å²) in [4.78, 5) is 15.6. The van der Waals surface area contributed by atoms with Crippen molar-refractivity contribution in [3.63, 3.8) is 0 Å². The number of aliphatic hydroxyl groups excluding tert-OH is 1. The third-order valence-electron chi connectivity index (χ3n) is 9.27. The summed E-state index contributed by atoms with van der Waals surface area (Å²) in [6.45, 7) is 15.2. The number of para-hydroxylation sites is 2. The summed E-state index contributed by atoms with van der Waals surface area (Å²) in [5.74, 6) is 0.105. The van der Waals surface area contributed by atoms with E-state index < -0.39 is 6.23 Å². The quantitative estimate of drug-likeness (QED) is 0.169. The molecule has 2 atom stereocenters. The molecular weight excluding hydrogens is 512 g/mol. The second kappa shape index (κ2) is 15.1. The molecule has 226 valence electrons. The molecule has 1 amide bonds. The number of aliphatic hydroxyl groups is 1. The molecule has 2 saturated heterocycles. The standard InChI is InChI=1S/C34H52N4O3/c1-26-13-11-14-27(2)32(26)35-31(39)25-38(21-23-41-24-22-38)20-10-6-5-8-18-37-19-9-7-17-30(37)34(40)36-33-28(3)15-12-16-29(33)4/h11-16,30,34,36,40H,5-10,17-25H2,1-4H3/p+1. The fourth-order valence-corrected chi connectivity index (χ4v) is 6.74. The van der Waals surface area contributed by atoms with Crippen molar-refractivity contribution in [1.29, 1.82) is 0 Å². The predicted octanol–water partition coefficient (Wildman–Crippen LogP) is 5.55. The van der Waals surface area contributed by atoms with E-state index in [4.69, 9.17) is 4.74 Å². The van der Waals surface area contributed by atoms with Gasteiger partial charge < -0.3 is 25.0 Å². The number of carbonyl (C=O) groups is 1. The Bertz CT molecular complexity index is 1090. The van der Waals surface area contributed by atoms with Crippen LogP contribution >= 0.6 is 0 Å². The van der Waals surface area contributed by atoms with Crippen LogP contribution in [0.1, 0.15) is 67.2 Å². The van der Waals surface area contributed by atoms with Crippen LogP contribution in [-0.2, 0) is 9.53 Å². The van der Waals surface area contributed by atoms with Gasteiger partial charge in [0.1, 0.15) is 19.3 Å². The highest BCUT2D eigenvalue weighted by molar-refractivity contribution is 5.93. The number of hydrogen-bond acceptors (Lipinski definition) is 5. The summed E-state index contributed by atoms with van der Waals surface area (Å²) in [6.07, 6.45) is 7.46. The number of aryl methyl sites for hydroxylation is 4. The van der Waals surface area contributed by atoms with E-state index in [9.17, 15) is 9.90 Å². The zero-order chi connectivity index (χ0) is 29.2. The van der Waals surface area contributed by atoms with Crippen LogP contribution in [0.25, 0.3) is 0 Å². The SMILES string of the molecule is Cc1cccc(C)c1NC(=O)C[N+]1(CCCCCCN2CCCCC2C(O)Nc2c(C)cccc2C)CCOCC1. The van der Waals surface area contributed by atoms with Gasteiger partial charge in [-0.3, -0.25) is 9.69 Å². The first-order chi connectivity index (χ1) is 19.8. The van der Waals surface area contributed by atoms with Crippen molar-refractivity contribution in [3.8, 4) is 0 Å². The van der Waals surface area contributed by atoms with E-state index in [0.717, 1.165) is 92.2 Å². The smallest absolute Gasteiger partial charge is 0.279 e. The van der Waals surface area contributed by atoms with Crippen molar-refractivity contribution < 1.29 is 19.1 Å². The normalized spacial score (nSPS) is 20.0. The molecule has 4 rings (SSSR count). The Labute approximate surface area is 247 Å². The number of ether oxygens (including phenoxy) is 1. The van der Waals surface area contributed by atoms with Crippen molar-refractivity contribution in [3.05, 3.63) is 58.7 Å². The van der Waals surface area contributed by atoms with Crippen LogP contribution < -0.4 is 10.6 Å². The maximum Gasteiger partial charge on any atom is 0.279 e. The van der Waals surface area contributed by atoms with Gasteiger partial charge in [-0.2, -0.15) is 0 Å². The summed E-state index contributed by atoms with van der Waals surface area (Å²) in [5.41, 5.74) is 6.58. The number of morpholine rings is 1. The minimum atomic E-state index is -0.560. The van der Waals surface area contributed by atoms with Crippen molar-refractivity contribution in [2.24, 2.45) is 0 Å². The number of quaternary nitrogens is 1. The first-order valence-electron chi connectivity index (χ1n) is 15.8. The third kappa shape index (κ3) is 8.77. The van der Waals surface area contributed by atoms with Crippen LogP contribution in [0.2, 0.25) is 0 Å². The van der Waals surface area contributed by atoms with Gasteiger partial charge in [-0.1, -0.05) is 49.2 Å². The summed E-state index contributed by atoms with van der Waals surface area (Å²) in [7, 11) is 0. The average Bonchev–Trinajstić information content (AvgIpc) is 2.95. The molecule has 0 aliphatic carbocycles. The Balaban J connectivity index is 1.23. The van der Waals surface area contributed by atoms with Crippen LogP contribution in [0.3, 0.4) is 0 Å². The number of rotatable bonds is 13. The minimum absolute atomic E-state index is 0.105. The molecule has 0 aromatic heterocycles. The summed E-state index contributed by atoms with van der Waals surface area (Å²) in [5, 5.41) is 17.8. The highest BCUT2D eigenvalue weighted by Crippen LogP contribution is 2.26. The summed E-state index contributed by atoms with van der Waals surface area (Å²) in [6, 6.07) is 12.6.